The van der Waals surface area contributed by atoms with Gasteiger partial charge in [-0.1, -0.05) is 6.07 Å². The minimum Gasteiger partial charge on any atom is -0.454 e. The smallest absolute Gasteiger partial charge is 0.242 e. The fraction of sp³-hybridized carbons (Fsp3) is 0.385. The lowest BCUT2D eigenvalue weighted by Crippen LogP contribution is -2.43. The Hall–Kier alpha value is -2.24. The monoisotopic (exact) mass is 264 g/mol. The van der Waals surface area contributed by atoms with Gasteiger partial charge in [-0.3, -0.25) is 9.59 Å². The molecule has 2 amide bonds. The summed E-state index contributed by atoms with van der Waals surface area (Å²) in [5.74, 6) is 0.932. The van der Waals surface area contributed by atoms with Crippen molar-refractivity contribution in [2.75, 3.05) is 6.79 Å². The van der Waals surface area contributed by atoms with Crippen LogP contribution in [0.3, 0.4) is 0 Å². The van der Waals surface area contributed by atoms with Gasteiger partial charge < -0.3 is 20.1 Å². The first-order valence-electron chi connectivity index (χ1n) is 5.99. The largest absolute Gasteiger partial charge is 0.454 e. The summed E-state index contributed by atoms with van der Waals surface area (Å²) in [5, 5.41) is 5.27. The zero-order chi connectivity index (χ0) is 13.8. The summed E-state index contributed by atoms with van der Waals surface area (Å²) in [4.78, 5) is 22.5. The van der Waals surface area contributed by atoms with Gasteiger partial charge in [-0.15, -0.1) is 0 Å². The first-order valence-corrected chi connectivity index (χ1v) is 5.99. The third kappa shape index (κ3) is 3.37. The molecule has 19 heavy (non-hydrogen) atoms. The van der Waals surface area contributed by atoms with Crippen molar-refractivity contribution in [1.29, 1.82) is 0 Å². The van der Waals surface area contributed by atoms with Crippen molar-refractivity contribution in [3.8, 4) is 11.5 Å². The molecule has 2 N–H and O–H groups in total. The highest BCUT2D eigenvalue weighted by atomic mass is 16.7. The second kappa shape index (κ2) is 5.60. The molecule has 6 heteroatoms. The Morgan fingerprint density at radius 2 is 2.05 bits per heavy atom. The Balaban J connectivity index is 1.88. The zero-order valence-electron chi connectivity index (χ0n) is 10.9. The summed E-state index contributed by atoms with van der Waals surface area (Å²) < 4.78 is 10.5. The van der Waals surface area contributed by atoms with E-state index >= 15 is 0 Å². The first kappa shape index (κ1) is 13.2. The van der Waals surface area contributed by atoms with Gasteiger partial charge in [0.1, 0.15) is 6.04 Å². The summed E-state index contributed by atoms with van der Waals surface area (Å²) in [7, 11) is 0. The van der Waals surface area contributed by atoms with Gasteiger partial charge >= 0.3 is 0 Å². The molecule has 1 aromatic rings. The molecule has 2 rings (SSSR count). The van der Waals surface area contributed by atoms with Gasteiger partial charge in [-0.05, 0) is 24.6 Å². The number of rotatable bonds is 4. The molecule has 0 unspecified atom stereocenters. The molecule has 1 aromatic carbocycles. The maximum absolute atomic E-state index is 11.7. The van der Waals surface area contributed by atoms with E-state index in [4.69, 9.17) is 9.47 Å². The van der Waals surface area contributed by atoms with Crippen LogP contribution >= 0.6 is 0 Å². The van der Waals surface area contributed by atoms with E-state index in [2.05, 4.69) is 10.6 Å². The minimum absolute atomic E-state index is 0.227. The zero-order valence-corrected chi connectivity index (χ0v) is 10.9. The number of benzene rings is 1. The van der Waals surface area contributed by atoms with E-state index < -0.39 is 6.04 Å². The number of nitrogens with one attached hydrogen (secondary N) is 2. The van der Waals surface area contributed by atoms with Crippen LogP contribution in [0.25, 0.3) is 0 Å². The molecule has 102 valence electrons. The van der Waals surface area contributed by atoms with Crippen molar-refractivity contribution in [3.63, 3.8) is 0 Å². The quantitative estimate of drug-likeness (QED) is 0.833. The van der Waals surface area contributed by atoms with E-state index in [1.165, 1.54) is 6.92 Å². The van der Waals surface area contributed by atoms with E-state index in [0.717, 1.165) is 5.56 Å². The van der Waals surface area contributed by atoms with Crippen LogP contribution in [-0.4, -0.2) is 24.6 Å². The van der Waals surface area contributed by atoms with Crippen LogP contribution in [0.2, 0.25) is 0 Å². The minimum atomic E-state index is -0.550. The van der Waals surface area contributed by atoms with Crippen molar-refractivity contribution >= 4 is 11.8 Å². The van der Waals surface area contributed by atoms with Crippen molar-refractivity contribution in [1.82, 2.24) is 10.6 Å². The second-order valence-corrected chi connectivity index (χ2v) is 4.33. The fourth-order valence-corrected chi connectivity index (χ4v) is 1.76. The third-order valence-corrected chi connectivity index (χ3v) is 2.72. The van der Waals surface area contributed by atoms with Crippen LogP contribution in [0.1, 0.15) is 19.4 Å². The second-order valence-electron chi connectivity index (χ2n) is 4.33. The lowest BCUT2D eigenvalue weighted by Gasteiger charge is -2.12. The van der Waals surface area contributed by atoms with Gasteiger partial charge in [0.05, 0.1) is 0 Å². The fourth-order valence-electron chi connectivity index (χ4n) is 1.76. The van der Waals surface area contributed by atoms with Gasteiger partial charge in [-0.25, -0.2) is 0 Å². The summed E-state index contributed by atoms with van der Waals surface area (Å²) >= 11 is 0. The van der Waals surface area contributed by atoms with Crippen molar-refractivity contribution in [2.45, 2.75) is 26.4 Å². The lowest BCUT2D eigenvalue weighted by molar-refractivity contribution is -0.127. The Kier molecular flexibility index (Phi) is 3.89. The average molecular weight is 264 g/mol. The SMILES string of the molecule is CC(=O)N[C@@H](C)C(=O)NCc1ccc2c(c1)OCO2. The van der Waals surface area contributed by atoms with Crippen LogP contribution in [0.5, 0.6) is 11.5 Å². The normalized spacial score (nSPS) is 13.8. The topological polar surface area (TPSA) is 76.7 Å². The highest BCUT2D eigenvalue weighted by molar-refractivity contribution is 5.86. The number of hydrogen-bond acceptors (Lipinski definition) is 4. The predicted octanol–water partition coefficient (Wildman–Crippen LogP) is 0.556. The highest BCUT2D eigenvalue weighted by Gasteiger charge is 2.15. The van der Waals surface area contributed by atoms with Crippen molar-refractivity contribution < 1.29 is 19.1 Å². The lowest BCUT2D eigenvalue weighted by atomic mass is 10.2. The summed E-state index contributed by atoms with van der Waals surface area (Å²) in [6, 6.07) is 4.94. The Morgan fingerprint density at radius 3 is 2.79 bits per heavy atom. The molecule has 0 radical (unpaired) electrons. The van der Waals surface area contributed by atoms with E-state index in [1.54, 1.807) is 13.0 Å². The van der Waals surface area contributed by atoms with Crippen molar-refractivity contribution in [3.05, 3.63) is 23.8 Å². The average Bonchev–Trinajstić information content (AvgIpc) is 2.82. The van der Waals surface area contributed by atoms with Gasteiger partial charge in [0.15, 0.2) is 11.5 Å². The number of amides is 2. The maximum Gasteiger partial charge on any atom is 0.242 e. The standard InChI is InChI=1S/C13H16N2O4/c1-8(15-9(2)16)13(17)14-6-10-3-4-11-12(5-10)19-7-18-11/h3-5,8H,6-7H2,1-2H3,(H,14,17)(H,15,16)/t8-/m0/s1. The van der Waals surface area contributed by atoms with E-state index in [-0.39, 0.29) is 18.6 Å². The molecule has 0 fully saturated rings. The molecule has 1 heterocycles. The molecule has 0 aromatic heterocycles. The van der Waals surface area contributed by atoms with Crippen LogP contribution in [0.15, 0.2) is 18.2 Å². The Bertz CT molecular complexity index is 501. The molecule has 0 bridgehead atoms. The molecule has 1 aliphatic rings. The predicted molar refractivity (Wildman–Crippen MR) is 67.7 cm³/mol. The Morgan fingerprint density at radius 1 is 1.32 bits per heavy atom. The molecule has 1 atom stereocenters. The molecule has 0 spiro atoms. The number of ether oxygens (including phenoxy) is 2. The van der Waals surface area contributed by atoms with E-state index in [9.17, 15) is 9.59 Å². The number of hydrogen-bond donors (Lipinski definition) is 2. The highest BCUT2D eigenvalue weighted by Crippen LogP contribution is 2.32. The van der Waals surface area contributed by atoms with Crippen LogP contribution in [0, 0.1) is 0 Å². The number of fused-ring (bicyclic) bond motifs is 1. The number of carbonyl (C=O) groups excluding carboxylic acids is 2. The molecule has 0 aliphatic carbocycles. The third-order valence-electron chi connectivity index (χ3n) is 2.72. The van der Waals surface area contributed by atoms with Gasteiger partial charge in [0.2, 0.25) is 18.6 Å². The summed E-state index contributed by atoms with van der Waals surface area (Å²) in [6.07, 6.45) is 0. The van der Waals surface area contributed by atoms with Crippen molar-refractivity contribution in [2.24, 2.45) is 0 Å². The van der Waals surface area contributed by atoms with Gasteiger partial charge in [-0.2, -0.15) is 0 Å². The van der Waals surface area contributed by atoms with E-state index in [0.29, 0.717) is 18.0 Å². The van der Waals surface area contributed by atoms with Crippen LogP contribution in [0.4, 0.5) is 0 Å². The van der Waals surface area contributed by atoms with Crippen LogP contribution in [-0.2, 0) is 16.1 Å². The van der Waals surface area contributed by atoms with Gasteiger partial charge in [0, 0.05) is 13.5 Å². The van der Waals surface area contributed by atoms with Gasteiger partial charge in [0.25, 0.3) is 0 Å². The molecule has 0 saturated heterocycles. The van der Waals surface area contributed by atoms with Crippen LogP contribution < -0.4 is 20.1 Å². The maximum atomic E-state index is 11.7. The first-order chi connectivity index (χ1) is 9.06. The molecular weight excluding hydrogens is 248 g/mol. The summed E-state index contributed by atoms with van der Waals surface area (Å²) in [5.41, 5.74) is 0.910. The molecule has 1 aliphatic heterocycles. The number of carbonyl (C=O) groups is 2. The summed E-state index contributed by atoms with van der Waals surface area (Å²) in [6.45, 7) is 3.61. The Labute approximate surface area is 111 Å². The molecule has 0 saturated carbocycles. The molecule has 6 nitrogen and oxygen atoms in total. The molecular formula is C13H16N2O4. The van der Waals surface area contributed by atoms with E-state index in [1.807, 2.05) is 12.1 Å².